The van der Waals surface area contributed by atoms with Crippen LogP contribution in [0.4, 0.5) is 0 Å². The van der Waals surface area contributed by atoms with E-state index in [1.54, 1.807) is 7.11 Å². The monoisotopic (exact) mass is 286 g/mol. The van der Waals surface area contributed by atoms with E-state index in [1.165, 1.54) is 33.8 Å². The van der Waals surface area contributed by atoms with Crippen molar-refractivity contribution in [3.8, 4) is 5.69 Å². The van der Waals surface area contributed by atoms with E-state index in [0.29, 0.717) is 0 Å². The molecular weight excluding hydrogens is 260 g/mol. The molecule has 1 aromatic carbocycles. The van der Waals surface area contributed by atoms with Gasteiger partial charge in [0.15, 0.2) is 0 Å². The first kappa shape index (κ1) is 15.8. The van der Waals surface area contributed by atoms with Crippen molar-refractivity contribution in [2.75, 3.05) is 20.3 Å². The van der Waals surface area contributed by atoms with Crippen molar-refractivity contribution in [1.29, 1.82) is 0 Å². The van der Waals surface area contributed by atoms with Gasteiger partial charge in [0.2, 0.25) is 0 Å². The second-order valence-corrected chi connectivity index (χ2v) is 5.75. The van der Waals surface area contributed by atoms with Crippen LogP contribution in [0.5, 0.6) is 0 Å². The molecule has 21 heavy (non-hydrogen) atoms. The molecule has 0 spiro atoms. The lowest BCUT2D eigenvalue weighted by Gasteiger charge is -2.12. The number of hydrogen-bond donors (Lipinski definition) is 1. The minimum atomic E-state index is 0.746. The molecule has 0 saturated carbocycles. The summed E-state index contributed by atoms with van der Waals surface area (Å²) in [6, 6.07) is 8.97. The Morgan fingerprint density at radius 1 is 1.00 bits per heavy atom. The van der Waals surface area contributed by atoms with Crippen LogP contribution in [0.2, 0.25) is 0 Å². The van der Waals surface area contributed by atoms with Gasteiger partial charge in [-0.1, -0.05) is 6.07 Å². The summed E-state index contributed by atoms with van der Waals surface area (Å²) in [7, 11) is 1.73. The van der Waals surface area contributed by atoms with Crippen molar-refractivity contribution in [1.82, 2.24) is 9.88 Å². The largest absolute Gasteiger partial charge is 0.383 e. The second kappa shape index (κ2) is 6.92. The maximum atomic E-state index is 5.07. The summed E-state index contributed by atoms with van der Waals surface area (Å²) in [5.74, 6) is 0. The normalized spacial score (nSPS) is 11.1. The van der Waals surface area contributed by atoms with E-state index in [0.717, 1.165) is 19.7 Å². The van der Waals surface area contributed by atoms with Crippen molar-refractivity contribution in [2.24, 2.45) is 0 Å². The Morgan fingerprint density at radius 2 is 1.67 bits per heavy atom. The van der Waals surface area contributed by atoms with Crippen LogP contribution in [-0.4, -0.2) is 24.8 Å². The highest BCUT2D eigenvalue weighted by molar-refractivity contribution is 5.45. The van der Waals surface area contributed by atoms with Crippen LogP contribution in [0.25, 0.3) is 5.69 Å². The number of methoxy groups -OCH3 is 1. The Kier molecular flexibility index (Phi) is 5.21. The average molecular weight is 286 g/mol. The Balaban J connectivity index is 2.26. The summed E-state index contributed by atoms with van der Waals surface area (Å²) in [5.41, 5.74) is 7.80. The van der Waals surface area contributed by atoms with Gasteiger partial charge in [0.1, 0.15) is 0 Å². The van der Waals surface area contributed by atoms with Crippen molar-refractivity contribution < 1.29 is 4.74 Å². The van der Waals surface area contributed by atoms with E-state index >= 15 is 0 Å². The lowest BCUT2D eigenvalue weighted by molar-refractivity contribution is 0.199. The number of hydrogen-bond acceptors (Lipinski definition) is 2. The topological polar surface area (TPSA) is 26.2 Å². The predicted molar refractivity (Wildman–Crippen MR) is 88.3 cm³/mol. The molecule has 1 aromatic heterocycles. The fourth-order valence-corrected chi connectivity index (χ4v) is 2.88. The third-order valence-corrected chi connectivity index (χ3v) is 3.80. The number of nitrogens with one attached hydrogen (secondary N) is 1. The summed E-state index contributed by atoms with van der Waals surface area (Å²) >= 11 is 0. The number of aryl methyl sites for hydroxylation is 3. The molecule has 3 nitrogen and oxygen atoms in total. The Hall–Kier alpha value is -1.58. The summed E-state index contributed by atoms with van der Waals surface area (Å²) < 4.78 is 7.41. The molecule has 2 aromatic rings. The van der Waals surface area contributed by atoms with Crippen LogP contribution < -0.4 is 5.32 Å². The highest BCUT2D eigenvalue weighted by Crippen LogP contribution is 2.22. The van der Waals surface area contributed by atoms with E-state index in [2.05, 4.69) is 61.8 Å². The number of aromatic nitrogens is 1. The van der Waals surface area contributed by atoms with Crippen LogP contribution in [0.15, 0.2) is 24.3 Å². The van der Waals surface area contributed by atoms with Crippen molar-refractivity contribution >= 4 is 0 Å². The maximum Gasteiger partial charge on any atom is 0.0587 e. The molecule has 2 rings (SSSR count). The summed E-state index contributed by atoms with van der Waals surface area (Å²) in [6.45, 7) is 11.2. The minimum absolute atomic E-state index is 0.746. The Morgan fingerprint density at radius 3 is 2.29 bits per heavy atom. The predicted octanol–water partition coefficient (Wildman–Crippen LogP) is 3.45. The van der Waals surface area contributed by atoms with Gasteiger partial charge in [-0.05, 0) is 62.6 Å². The third-order valence-electron chi connectivity index (χ3n) is 3.80. The van der Waals surface area contributed by atoms with Crippen molar-refractivity contribution in [3.05, 3.63) is 52.3 Å². The molecule has 1 N–H and O–H groups in total. The third kappa shape index (κ3) is 3.74. The first-order valence-electron chi connectivity index (χ1n) is 7.49. The minimum Gasteiger partial charge on any atom is -0.383 e. The van der Waals surface area contributed by atoms with Crippen molar-refractivity contribution in [3.63, 3.8) is 0 Å². The summed E-state index contributed by atoms with van der Waals surface area (Å²) in [6.07, 6.45) is 0. The number of ether oxygens (including phenoxy) is 1. The summed E-state index contributed by atoms with van der Waals surface area (Å²) in [5, 5.41) is 3.42. The van der Waals surface area contributed by atoms with Gasteiger partial charge in [0.25, 0.3) is 0 Å². The lowest BCUT2D eigenvalue weighted by atomic mass is 10.1. The van der Waals surface area contributed by atoms with E-state index in [4.69, 9.17) is 4.74 Å². The molecule has 0 fully saturated rings. The molecule has 0 saturated heterocycles. The Labute approximate surface area is 127 Å². The molecule has 0 aliphatic heterocycles. The summed E-state index contributed by atoms with van der Waals surface area (Å²) in [4.78, 5) is 0. The number of nitrogens with zero attached hydrogens (tertiary/aromatic N) is 1. The molecule has 0 amide bonds. The van der Waals surface area contributed by atoms with Crippen LogP contribution in [-0.2, 0) is 11.3 Å². The molecular formula is C18H26N2O. The van der Waals surface area contributed by atoms with Crippen LogP contribution >= 0.6 is 0 Å². The quantitative estimate of drug-likeness (QED) is 0.823. The molecule has 0 radical (unpaired) electrons. The molecule has 0 bridgehead atoms. The van der Waals surface area contributed by atoms with E-state index < -0.39 is 0 Å². The fraction of sp³-hybridized carbons (Fsp3) is 0.444. The van der Waals surface area contributed by atoms with Gasteiger partial charge >= 0.3 is 0 Å². The van der Waals surface area contributed by atoms with Crippen LogP contribution in [0.3, 0.4) is 0 Å². The zero-order valence-electron chi connectivity index (χ0n) is 13.8. The molecule has 1 heterocycles. The standard InChI is InChI=1S/C18H26N2O/c1-13-8-14(2)10-18(9-13)20-15(3)11-17(16(20)4)12-19-6-7-21-5/h8-11,19H,6-7,12H2,1-5H3. The second-order valence-electron chi connectivity index (χ2n) is 5.75. The first-order chi connectivity index (χ1) is 10.0. The van der Waals surface area contributed by atoms with Crippen LogP contribution in [0.1, 0.15) is 28.1 Å². The van der Waals surface area contributed by atoms with Gasteiger partial charge in [-0.2, -0.15) is 0 Å². The van der Waals surface area contributed by atoms with Gasteiger partial charge in [-0.25, -0.2) is 0 Å². The zero-order chi connectivity index (χ0) is 15.4. The molecule has 0 unspecified atom stereocenters. The van der Waals surface area contributed by atoms with E-state index in [-0.39, 0.29) is 0 Å². The smallest absolute Gasteiger partial charge is 0.0587 e. The molecule has 0 aliphatic carbocycles. The average Bonchev–Trinajstić information content (AvgIpc) is 2.68. The van der Waals surface area contributed by atoms with Gasteiger partial charge in [-0.15, -0.1) is 0 Å². The van der Waals surface area contributed by atoms with E-state index in [9.17, 15) is 0 Å². The molecule has 0 aliphatic rings. The Bertz CT molecular complexity index is 594. The van der Waals surface area contributed by atoms with Crippen molar-refractivity contribution in [2.45, 2.75) is 34.2 Å². The van der Waals surface area contributed by atoms with Crippen LogP contribution in [0, 0.1) is 27.7 Å². The fourth-order valence-electron chi connectivity index (χ4n) is 2.88. The maximum absolute atomic E-state index is 5.07. The van der Waals surface area contributed by atoms with Gasteiger partial charge < -0.3 is 14.6 Å². The molecule has 114 valence electrons. The van der Waals surface area contributed by atoms with Gasteiger partial charge in [0.05, 0.1) is 6.61 Å². The number of rotatable bonds is 6. The number of benzene rings is 1. The van der Waals surface area contributed by atoms with Gasteiger partial charge in [-0.3, -0.25) is 0 Å². The highest BCUT2D eigenvalue weighted by atomic mass is 16.5. The van der Waals surface area contributed by atoms with Gasteiger partial charge in [0, 0.05) is 37.3 Å². The molecule has 3 heteroatoms. The molecule has 0 atom stereocenters. The lowest BCUT2D eigenvalue weighted by Crippen LogP contribution is -2.18. The highest BCUT2D eigenvalue weighted by Gasteiger charge is 2.10. The first-order valence-corrected chi connectivity index (χ1v) is 7.49. The SMILES string of the molecule is COCCNCc1cc(C)n(-c2cc(C)cc(C)c2)c1C. The zero-order valence-corrected chi connectivity index (χ0v) is 13.8. The van der Waals surface area contributed by atoms with E-state index in [1.807, 2.05) is 0 Å².